The number of rotatable bonds is 60. The molecule has 12 unspecified atom stereocenters. The van der Waals surface area contributed by atoms with Gasteiger partial charge in [-0.05, 0) is 19.3 Å². The fraction of sp³-hybridized carbons (Fsp3) is 0.940. The first-order valence-electron chi connectivity index (χ1n) is 45.0. The molecule has 21 N–H and O–H groups in total. The second-order valence-electron chi connectivity index (χ2n) is 33.5. The van der Waals surface area contributed by atoms with Crippen LogP contribution in [-0.4, -0.2) is 352 Å². The molecule has 36 nitrogen and oxygen atoms in total. The molecule has 0 aromatic carbocycles. The Bertz CT molecular complexity index is 2740. The van der Waals surface area contributed by atoms with Crippen molar-refractivity contribution in [3.8, 4) is 0 Å². The van der Waals surface area contributed by atoms with Crippen LogP contribution in [0.2, 0.25) is 0 Å². The number of aliphatic hydroxyl groups excluding tert-OH is 18. The first-order chi connectivity index (χ1) is 57.8. The van der Waals surface area contributed by atoms with Crippen molar-refractivity contribution < 1.29 is 163 Å². The molecule has 0 aromatic rings. The maximum Gasteiger partial charge on any atom is 0.220 e. The summed E-state index contributed by atoms with van der Waals surface area (Å²) in [6.07, 6.45) is -9.57. The van der Waals surface area contributed by atoms with Crippen molar-refractivity contribution in [1.82, 2.24) is 16.0 Å². The third kappa shape index (κ3) is 34.2. The standard InChI is InChI=1S/C84H153N3O33/c1-5-7-9-11-13-15-17-19-20-21-22-23-24-25-26-27-28-30-32-34-36-38-40-42-60(96)87-52(53(95)41-39-37-35-33-31-29-18-16-14-12-10-8-6-2)48-109-81-72(106)69(103)77(57(46-91)114-81)119-84-74(108)78(120-82-71(105)68(102)64(98)55(44-89)112-82)65(99)59(116-84)49-110-79-62(86-51(4)94)67(101)75(56(45-90)113-79)118-83-73(107)70(104)76(58(47-92)115-83)117-80-61(85-50(3)93)66(100)63(97)54(43-88)111-80/h39,41,52-59,61-84,88-92,95,97-108H,5-38,40,42-49H2,1-4H3,(H,85,93)(H,86,94)(H,87,96)/b41-39+/t52-,53+,54?,55?,56?,57?,58?,59?,61?,62?,63-,64-,65-,66+,67+,68-,69+,70+,71?,72?,73?,74?,75+,76-,77+,78-,79+,80-,81+,82+,83-,84-/m0/s1. The Labute approximate surface area is 707 Å². The monoisotopic (exact) mass is 1730 g/mol. The number of ether oxygens (including phenoxy) is 12. The van der Waals surface area contributed by atoms with Crippen LogP contribution in [0.3, 0.4) is 0 Å². The number of nitrogens with one attached hydrogen (secondary N) is 3. The predicted molar refractivity (Wildman–Crippen MR) is 431 cm³/mol. The van der Waals surface area contributed by atoms with Gasteiger partial charge in [-0.3, -0.25) is 14.4 Å². The minimum absolute atomic E-state index is 0.158. The Kier molecular flexibility index (Phi) is 51.5. The van der Waals surface area contributed by atoms with Crippen molar-refractivity contribution in [3.05, 3.63) is 12.2 Å². The number of hydrogen-bond donors (Lipinski definition) is 21. The van der Waals surface area contributed by atoms with Crippen LogP contribution in [0, 0.1) is 0 Å². The number of hydrogen-bond acceptors (Lipinski definition) is 33. The maximum absolute atomic E-state index is 13.7. The number of amides is 3. The molecule has 6 aliphatic rings. The molecular weight excluding hydrogens is 1580 g/mol. The van der Waals surface area contributed by atoms with E-state index in [1.165, 1.54) is 161 Å². The molecule has 120 heavy (non-hydrogen) atoms. The van der Waals surface area contributed by atoms with Gasteiger partial charge in [0.15, 0.2) is 37.7 Å². The summed E-state index contributed by atoms with van der Waals surface area (Å²) in [7, 11) is 0. The van der Waals surface area contributed by atoms with Crippen LogP contribution in [0.15, 0.2) is 12.2 Å². The van der Waals surface area contributed by atoms with E-state index in [9.17, 15) is 106 Å². The van der Waals surface area contributed by atoms with E-state index in [0.717, 1.165) is 65.2 Å². The Hall–Kier alpha value is -3.05. The van der Waals surface area contributed by atoms with E-state index < -0.39 is 254 Å². The van der Waals surface area contributed by atoms with Crippen LogP contribution in [0.25, 0.3) is 0 Å². The lowest BCUT2D eigenvalue weighted by molar-refractivity contribution is -0.385. The first kappa shape index (κ1) is 106. The van der Waals surface area contributed by atoms with Gasteiger partial charge in [-0.1, -0.05) is 231 Å². The second-order valence-corrected chi connectivity index (χ2v) is 33.5. The lowest BCUT2D eigenvalue weighted by Gasteiger charge is -2.49. The van der Waals surface area contributed by atoms with E-state index in [2.05, 4.69) is 29.8 Å². The van der Waals surface area contributed by atoms with Gasteiger partial charge in [0.2, 0.25) is 17.7 Å². The van der Waals surface area contributed by atoms with Crippen molar-refractivity contribution in [2.24, 2.45) is 0 Å². The molecule has 6 saturated heterocycles. The molecule has 36 heteroatoms. The number of allylic oxidation sites excluding steroid dienone is 1. The summed E-state index contributed by atoms with van der Waals surface area (Å²) in [5, 5.41) is 208. The number of carbonyl (C=O) groups excluding carboxylic acids is 3. The van der Waals surface area contributed by atoms with Crippen LogP contribution in [0.5, 0.6) is 0 Å². The van der Waals surface area contributed by atoms with Crippen molar-refractivity contribution >= 4 is 17.7 Å². The Balaban J connectivity index is 1.08. The largest absolute Gasteiger partial charge is 0.394 e. The highest BCUT2D eigenvalue weighted by molar-refractivity contribution is 5.76. The highest BCUT2D eigenvalue weighted by Crippen LogP contribution is 2.37. The van der Waals surface area contributed by atoms with Crippen LogP contribution < -0.4 is 16.0 Å². The summed E-state index contributed by atoms with van der Waals surface area (Å²) in [6, 6.07) is -4.39. The molecule has 702 valence electrons. The number of aliphatic hydroxyl groups is 18. The summed E-state index contributed by atoms with van der Waals surface area (Å²) in [4.78, 5) is 38.7. The normalized spacial score (nSPS) is 35.5. The fourth-order valence-electron chi connectivity index (χ4n) is 16.4. The molecule has 32 atom stereocenters. The van der Waals surface area contributed by atoms with Gasteiger partial charge in [0.25, 0.3) is 0 Å². The van der Waals surface area contributed by atoms with E-state index in [1.54, 1.807) is 6.08 Å². The van der Waals surface area contributed by atoms with Gasteiger partial charge in [-0.15, -0.1) is 0 Å². The summed E-state index contributed by atoms with van der Waals surface area (Å²) >= 11 is 0. The van der Waals surface area contributed by atoms with Gasteiger partial charge in [-0.25, -0.2) is 0 Å². The highest BCUT2D eigenvalue weighted by Gasteiger charge is 2.58. The minimum atomic E-state index is -2.25. The number of carbonyl (C=O) groups is 3. The summed E-state index contributed by atoms with van der Waals surface area (Å²) in [6.45, 7) is 0.351. The zero-order chi connectivity index (χ0) is 87.6. The smallest absolute Gasteiger partial charge is 0.220 e. The molecular formula is C84H153N3O33. The van der Waals surface area contributed by atoms with Crippen molar-refractivity contribution in [1.29, 1.82) is 0 Å². The third-order valence-electron chi connectivity index (χ3n) is 23.7. The molecule has 0 spiro atoms. The SMILES string of the molecule is CCCCCCCCCCCCC/C=C/[C@@H](O)[C@H](CO[C@@H]1OC(CO)[C@@H](O[C@@H]2OC(CO[C@@H]3OC(CO)[C@@H](O[C@@H]4OC(CO)[C@H](O[C@@H]5OC(CO)[C@H](O)[C@H](O)C5NC(C)=O)[C@H](O)C4O)[C@H](O)C3NC(C)=O)[C@H](O)[C@H](O[C@H]3OC(CO)[C@H](O)[C@H](O)C3O)C2O)[C@H](O)C1O)NC(=O)CCCCCCCCCCCCCCCCCCCCCCCCC. The zero-order valence-electron chi connectivity index (χ0n) is 71.2. The van der Waals surface area contributed by atoms with E-state index in [0.29, 0.717) is 12.8 Å². The molecule has 6 rings (SSSR count). The molecule has 0 radical (unpaired) electrons. The highest BCUT2D eigenvalue weighted by atomic mass is 16.8. The minimum Gasteiger partial charge on any atom is -0.394 e. The van der Waals surface area contributed by atoms with E-state index in [-0.39, 0.29) is 12.3 Å². The van der Waals surface area contributed by atoms with Crippen molar-refractivity contribution in [2.45, 2.75) is 455 Å². The lowest BCUT2D eigenvalue weighted by Crippen LogP contribution is -2.69. The molecule has 6 fully saturated rings. The van der Waals surface area contributed by atoms with E-state index in [1.807, 2.05) is 6.08 Å². The van der Waals surface area contributed by atoms with Gasteiger partial charge in [-0.2, -0.15) is 0 Å². The predicted octanol–water partition coefficient (Wildman–Crippen LogP) is 0.697. The molecule has 6 aliphatic heterocycles. The zero-order valence-corrected chi connectivity index (χ0v) is 71.2. The third-order valence-corrected chi connectivity index (χ3v) is 23.7. The number of unbranched alkanes of at least 4 members (excludes halogenated alkanes) is 33. The fourth-order valence-corrected chi connectivity index (χ4v) is 16.4. The van der Waals surface area contributed by atoms with E-state index in [4.69, 9.17) is 56.8 Å². The molecule has 0 saturated carbocycles. The van der Waals surface area contributed by atoms with Crippen LogP contribution in [0.4, 0.5) is 0 Å². The summed E-state index contributed by atoms with van der Waals surface area (Å²) in [5.41, 5.74) is 0. The Morgan fingerprint density at radius 1 is 0.333 bits per heavy atom. The average Bonchev–Trinajstić information content (AvgIpc) is 0.772. The van der Waals surface area contributed by atoms with Gasteiger partial charge in [0.05, 0.1) is 58.4 Å². The summed E-state index contributed by atoms with van der Waals surface area (Å²) < 4.78 is 71.1. The Morgan fingerprint density at radius 3 is 1.11 bits per heavy atom. The van der Waals surface area contributed by atoms with Crippen LogP contribution in [0.1, 0.15) is 259 Å². The maximum atomic E-state index is 13.7. The molecule has 3 amide bonds. The quantitative estimate of drug-likeness (QED) is 0.0294. The molecule has 0 bridgehead atoms. The van der Waals surface area contributed by atoms with Gasteiger partial charge >= 0.3 is 0 Å². The molecule has 0 aromatic heterocycles. The topological polar surface area (TPSA) is 562 Å². The summed E-state index contributed by atoms with van der Waals surface area (Å²) in [5.74, 6) is -1.92. The molecule has 6 heterocycles. The first-order valence-corrected chi connectivity index (χ1v) is 45.0. The average molecular weight is 1730 g/mol. The van der Waals surface area contributed by atoms with Gasteiger partial charge in [0, 0.05) is 20.3 Å². The van der Waals surface area contributed by atoms with Gasteiger partial charge < -0.3 is 165 Å². The van der Waals surface area contributed by atoms with Gasteiger partial charge in [0.1, 0.15) is 146 Å². The van der Waals surface area contributed by atoms with Crippen LogP contribution in [-0.2, 0) is 71.2 Å². The lowest BCUT2D eigenvalue weighted by atomic mass is 9.94. The molecule has 0 aliphatic carbocycles. The van der Waals surface area contributed by atoms with E-state index >= 15 is 0 Å². The van der Waals surface area contributed by atoms with Crippen molar-refractivity contribution in [2.75, 3.05) is 46.2 Å². The Morgan fingerprint density at radius 2 is 0.667 bits per heavy atom. The van der Waals surface area contributed by atoms with Crippen LogP contribution >= 0.6 is 0 Å². The second kappa shape index (κ2) is 58.4. The van der Waals surface area contributed by atoms with Crippen molar-refractivity contribution in [3.63, 3.8) is 0 Å².